The summed E-state index contributed by atoms with van der Waals surface area (Å²) in [6, 6.07) is 22.7. The Kier molecular flexibility index (Phi) is 8.40. The van der Waals surface area contributed by atoms with Gasteiger partial charge in [-0.3, -0.25) is 14.5 Å². The van der Waals surface area contributed by atoms with Crippen LogP contribution in [0.3, 0.4) is 0 Å². The first-order chi connectivity index (χ1) is 17.4. The van der Waals surface area contributed by atoms with Gasteiger partial charge < -0.3 is 14.8 Å². The van der Waals surface area contributed by atoms with Crippen molar-refractivity contribution >= 4 is 51.9 Å². The molecule has 0 atom stereocenters. The van der Waals surface area contributed by atoms with Gasteiger partial charge in [0.15, 0.2) is 22.4 Å². The number of rotatable bonds is 9. The van der Waals surface area contributed by atoms with Gasteiger partial charge in [-0.1, -0.05) is 72.5 Å². The Hall–Kier alpha value is -3.62. The molecule has 8 heteroatoms. The molecule has 1 aliphatic rings. The average Bonchev–Trinajstić information content (AvgIpc) is 3.15. The normalized spacial score (nSPS) is 14.3. The van der Waals surface area contributed by atoms with Crippen LogP contribution in [0.1, 0.15) is 23.6 Å². The van der Waals surface area contributed by atoms with Gasteiger partial charge in [-0.05, 0) is 60.9 Å². The van der Waals surface area contributed by atoms with Crippen LogP contribution in [0.2, 0.25) is 0 Å². The van der Waals surface area contributed by atoms with E-state index in [9.17, 15) is 9.59 Å². The van der Waals surface area contributed by atoms with Gasteiger partial charge in [-0.25, -0.2) is 0 Å². The van der Waals surface area contributed by atoms with Crippen LogP contribution in [0, 0.1) is 6.92 Å². The maximum atomic E-state index is 13.1. The Morgan fingerprint density at radius 2 is 1.83 bits per heavy atom. The number of aryl methyl sites for hydroxylation is 1. The van der Waals surface area contributed by atoms with E-state index >= 15 is 0 Å². The van der Waals surface area contributed by atoms with E-state index < -0.39 is 0 Å². The minimum absolute atomic E-state index is 0.137. The Morgan fingerprint density at radius 3 is 2.58 bits per heavy atom. The lowest BCUT2D eigenvalue weighted by atomic mass is 10.1. The zero-order chi connectivity index (χ0) is 25.5. The molecule has 0 radical (unpaired) electrons. The van der Waals surface area contributed by atoms with Crippen LogP contribution in [0.15, 0.2) is 77.7 Å². The first kappa shape index (κ1) is 25.5. The minimum Gasteiger partial charge on any atom is -0.490 e. The number of carbonyl (C=O) groups excluding carboxylic acids is 2. The molecule has 0 spiro atoms. The predicted octanol–water partition coefficient (Wildman–Crippen LogP) is 5.49. The number of hydrogen-bond donors (Lipinski definition) is 1. The van der Waals surface area contributed by atoms with Crippen LogP contribution in [0.5, 0.6) is 11.5 Å². The van der Waals surface area contributed by atoms with E-state index in [1.165, 1.54) is 11.8 Å². The maximum Gasteiger partial charge on any atom is 0.270 e. The predicted molar refractivity (Wildman–Crippen MR) is 148 cm³/mol. The van der Waals surface area contributed by atoms with Gasteiger partial charge in [0, 0.05) is 6.54 Å². The van der Waals surface area contributed by atoms with E-state index in [1.54, 1.807) is 23.1 Å². The van der Waals surface area contributed by atoms with Crippen molar-refractivity contribution in [1.82, 2.24) is 5.32 Å². The van der Waals surface area contributed by atoms with Crippen molar-refractivity contribution in [2.24, 2.45) is 0 Å². The van der Waals surface area contributed by atoms with Gasteiger partial charge in [0.05, 0.1) is 17.2 Å². The molecule has 6 nitrogen and oxygen atoms in total. The monoisotopic (exact) mass is 518 g/mol. The highest BCUT2D eigenvalue weighted by atomic mass is 32.2. The second kappa shape index (κ2) is 11.9. The molecule has 4 rings (SSSR count). The summed E-state index contributed by atoms with van der Waals surface area (Å²) in [6.07, 6.45) is 1.79. The molecule has 0 aromatic heterocycles. The molecule has 36 heavy (non-hydrogen) atoms. The third-order valence-electron chi connectivity index (χ3n) is 5.31. The van der Waals surface area contributed by atoms with Crippen LogP contribution < -0.4 is 19.7 Å². The first-order valence-electron chi connectivity index (χ1n) is 11.5. The largest absolute Gasteiger partial charge is 0.490 e. The van der Waals surface area contributed by atoms with E-state index in [-0.39, 0.29) is 18.4 Å². The molecular weight excluding hydrogens is 492 g/mol. The van der Waals surface area contributed by atoms with E-state index in [1.807, 2.05) is 74.5 Å². The molecule has 0 unspecified atom stereocenters. The fourth-order valence-electron chi connectivity index (χ4n) is 3.60. The highest BCUT2D eigenvalue weighted by Crippen LogP contribution is 2.37. The number of ether oxygens (including phenoxy) is 2. The van der Waals surface area contributed by atoms with E-state index in [0.29, 0.717) is 33.9 Å². The highest BCUT2D eigenvalue weighted by Gasteiger charge is 2.33. The summed E-state index contributed by atoms with van der Waals surface area (Å²) in [5.74, 6) is 0.557. The van der Waals surface area contributed by atoms with Crippen LogP contribution >= 0.6 is 24.0 Å². The fraction of sp³-hybridized carbons (Fsp3) is 0.179. The molecule has 2 amide bonds. The van der Waals surface area contributed by atoms with Gasteiger partial charge in [0.25, 0.3) is 11.8 Å². The topological polar surface area (TPSA) is 67.9 Å². The molecule has 1 N–H and O–H groups in total. The lowest BCUT2D eigenvalue weighted by Crippen LogP contribution is -2.28. The smallest absolute Gasteiger partial charge is 0.270 e. The van der Waals surface area contributed by atoms with Crippen molar-refractivity contribution in [3.05, 3.63) is 94.4 Å². The van der Waals surface area contributed by atoms with E-state index in [2.05, 4.69) is 5.32 Å². The van der Waals surface area contributed by atoms with Gasteiger partial charge in [-0.2, -0.15) is 0 Å². The Balaban J connectivity index is 1.44. The lowest BCUT2D eigenvalue weighted by Gasteiger charge is -2.15. The quantitative estimate of drug-likeness (QED) is 0.298. The fourth-order valence-corrected chi connectivity index (χ4v) is 4.90. The summed E-state index contributed by atoms with van der Waals surface area (Å²) in [5, 5.41) is 2.84. The SMILES string of the molecule is CCOc1cc(/C=C2\SC(=S)N(c3cccc(C)c3)C2=O)ccc1OCC(=O)NCc1ccccc1. The number of benzene rings is 3. The molecule has 0 saturated carbocycles. The summed E-state index contributed by atoms with van der Waals surface area (Å²) in [5.41, 5.74) is 3.59. The summed E-state index contributed by atoms with van der Waals surface area (Å²) in [7, 11) is 0. The zero-order valence-corrected chi connectivity index (χ0v) is 21.7. The molecule has 184 valence electrons. The number of hydrogen-bond acceptors (Lipinski definition) is 6. The summed E-state index contributed by atoms with van der Waals surface area (Å²) in [4.78, 5) is 27.4. The second-order valence-electron chi connectivity index (χ2n) is 8.05. The second-order valence-corrected chi connectivity index (χ2v) is 9.72. The summed E-state index contributed by atoms with van der Waals surface area (Å²) >= 11 is 6.74. The van der Waals surface area contributed by atoms with E-state index in [4.69, 9.17) is 21.7 Å². The molecule has 1 aliphatic heterocycles. The van der Waals surface area contributed by atoms with Gasteiger partial charge in [-0.15, -0.1) is 0 Å². The molecular formula is C28H26N2O4S2. The number of anilines is 1. The number of nitrogens with zero attached hydrogens (tertiary/aromatic N) is 1. The average molecular weight is 519 g/mol. The number of nitrogens with one attached hydrogen (secondary N) is 1. The van der Waals surface area contributed by atoms with Crippen LogP contribution in [0.4, 0.5) is 5.69 Å². The van der Waals surface area contributed by atoms with Crippen molar-refractivity contribution in [1.29, 1.82) is 0 Å². The van der Waals surface area contributed by atoms with Crippen molar-refractivity contribution in [3.63, 3.8) is 0 Å². The standard InChI is InChI=1S/C28H26N2O4S2/c1-3-33-24-15-21(12-13-23(24)34-18-26(31)29-17-20-9-5-4-6-10-20)16-25-27(32)30(28(35)36-25)22-11-7-8-19(2)14-22/h4-16H,3,17-18H2,1-2H3,(H,29,31)/b25-16-. The first-order valence-corrected chi connectivity index (χ1v) is 12.7. The van der Waals surface area contributed by atoms with Crippen molar-refractivity contribution in [2.45, 2.75) is 20.4 Å². The molecule has 1 saturated heterocycles. The van der Waals surface area contributed by atoms with Crippen molar-refractivity contribution in [2.75, 3.05) is 18.1 Å². The molecule has 3 aromatic rings. The molecule has 0 bridgehead atoms. The van der Waals surface area contributed by atoms with Gasteiger partial charge >= 0.3 is 0 Å². The van der Waals surface area contributed by atoms with Gasteiger partial charge in [0.1, 0.15) is 0 Å². The van der Waals surface area contributed by atoms with Crippen LogP contribution in [-0.4, -0.2) is 29.3 Å². The molecule has 1 heterocycles. The molecule has 1 fully saturated rings. The van der Waals surface area contributed by atoms with Gasteiger partial charge in [0.2, 0.25) is 0 Å². The third kappa shape index (κ3) is 6.33. The summed E-state index contributed by atoms with van der Waals surface area (Å²) in [6.45, 7) is 4.57. The third-order valence-corrected chi connectivity index (χ3v) is 6.61. The minimum atomic E-state index is -0.231. The van der Waals surface area contributed by atoms with Crippen LogP contribution in [-0.2, 0) is 16.1 Å². The number of thiocarbonyl (C=S) groups is 1. The molecule has 0 aliphatic carbocycles. The van der Waals surface area contributed by atoms with Crippen molar-refractivity contribution in [3.8, 4) is 11.5 Å². The Bertz CT molecular complexity index is 1310. The number of carbonyl (C=O) groups is 2. The van der Waals surface area contributed by atoms with Crippen molar-refractivity contribution < 1.29 is 19.1 Å². The lowest BCUT2D eigenvalue weighted by molar-refractivity contribution is -0.123. The van der Waals surface area contributed by atoms with E-state index in [0.717, 1.165) is 22.4 Å². The van der Waals surface area contributed by atoms with Crippen LogP contribution in [0.25, 0.3) is 6.08 Å². The number of amides is 2. The molecule has 3 aromatic carbocycles. The highest BCUT2D eigenvalue weighted by molar-refractivity contribution is 8.27. The number of thioether (sulfide) groups is 1. The Morgan fingerprint density at radius 1 is 1.03 bits per heavy atom. The zero-order valence-electron chi connectivity index (χ0n) is 20.0. The summed E-state index contributed by atoms with van der Waals surface area (Å²) < 4.78 is 12.0. The Labute approximate surface area is 220 Å². The maximum absolute atomic E-state index is 13.1.